The van der Waals surface area contributed by atoms with Crippen molar-refractivity contribution in [2.45, 2.75) is 152 Å². The van der Waals surface area contributed by atoms with E-state index in [1.54, 1.807) is 27.8 Å². The molecule has 3 fully saturated rings. The van der Waals surface area contributed by atoms with Crippen molar-refractivity contribution >= 4 is 15.9 Å². The second-order valence-corrected chi connectivity index (χ2v) is 24.5. The smallest absolute Gasteiger partial charge is 0.0485 e. The van der Waals surface area contributed by atoms with Crippen molar-refractivity contribution in [2.75, 3.05) is 13.1 Å². The summed E-state index contributed by atoms with van der Waals surface area (Å²) in [6, 6.07) is 59.5. The predicted molar refractivity (Wildman–Crippen MR) is 328 cm³/mol. The number of aryl methyl sites for hydroxylation is 6. The summed E-state index contributed by atoms with van der Waals surface area (Å²) in [7, 11) is 0. The van der Waals surface area contributed by atoms with Crippen molar-refractivity contribution in [3.8, 4) is 22.3 Å². The highest BCUT2D eigenvalue weighted by Gasteiger charge is 2.33. The third kappa shape index (κ3) is 12.7. The summed E-state index contributed by atoms with van der Waals surface area (Å²) in [6.07, 6.45) is 29.4. The first-order chi connectivity index (χ1) is 38.5. The number of nitrogens with zero attached hydrogens (tertiary/aromatic N) is 2. The van der Waals surface area contributed by atoms with Crippen LogP contribution < -0.4 is 10.6 Å². The third-order valence-corrected chi connectivity index (χ3v) is 18.9. The molecule has 398 valence electrons. The Balaban J connectivity index is 0.000000105. The lowest BCUT2D eigenvalue weighted by atomic mass is 9.74. The summed E-state index contributed by atoms with van der Waals surface area (Å²) >= 11 is 3.51. The Morgan fingerprint density at radius 1 is 0.385 bits per heavy atom. The zero-order chi connectivity index (χ0) is 52.5. The van der Waals surface area contributed by atoms with Crippen molar-refractivity contribution in [1.82, 2.24) is 20.6 Å². The lowest BCUT2D eigenvalue weighted by Crippen LogP contribution is -2.42. The quantitative estimate of drug-likeness (QED) is 0.174. The van der Waals surface area contributed by atoms with Gasteiger partial charge in [0.2, 0.25) is 0 Å². The standard InChI is InChI=1S/C20H29N.C20H23N.C20H17N.C13H10BrN/c3*1-2-5-15(6-3-1)13-16-8-10-18-17(14-16)9-11-20-19(18)7-4-12-21-20;14-10-4-5-11-9(8-10)3-6-13-12(11)2-1-7-15-13/h8,10,14-15,19-21H,1-7,9,11-13H2;1-3,5-6,8,10,14,19-21H,4,7,9,11-13H2;1-8,10,12,14H,9,11,13H2;1-2,4-5,7-8H,3,6H2/t2*19?,20-;;/m00../s1. The fourth-order valence-electron chi connectivity index (χ4n) is 14.5. The minimum Gasteiger partial charge on any atom is -0.313 e. The minimum atomic E-state index is 0.728. The third-order valence-electron chi connectivity index (χ3n) is 18.4. The number of fused-ring (bicyclic) bond motifs is 12. The maximum atomic E-state index is 4.51. The summed E-state index contributed by atoms with van der Waals surface area (Å²) in [5.74, 6) is 2.52. The highest BCUT2D eigenvalue weighted by molar-refractivity contribution is 9.10. The van der Waals surface area contributed by atoms with Crippen molar-refractivity contribution in [3.63, 3.8) is 0 Å². The Morgan fingerprint density at radius 2 is 0.885 bits per heavy atom. The van der Waals surface area contributed by atoms with Crippen molar-refractivity contribution in [3.05, 3.63) is 247 Å². The molecule has 7 aliphatic rings. The van der Waals surface area contributed by atoms with Crippen molar-refractivity contribution in [2.24, 2.45) is 5.92 Å². The maximum Gasteiger partial charge on any atom is 0.0485 e. The highest BCUT2D eigenvalue weighted by Crippen LogP contribution is 2.40. The molecule has 4 nitrogen and oxygen atoms in total. The molecule has 4 heterocycles. The molecule has 2 saturated heterocycles. The Morgan fingerprint density at radius 3 is 1.46 bits per heavy atom. The molecule has 15 rings (SSSR count). The van der Waals surface area contributed by atoms with Crippen LogP contribution in [0.1, 0.15) is 155 Å². The molecule has 78 heavy (non-hydrogen) atoms. The number of halogens is 1. The molecule has 6 aromatic carbocycles. The van der Waals surface area contributed by atoms with Gasteiger partial charge in [-0.3, -0.25) is 9.97 Å². The topological polar surface area (TPSA) is 49.8 Å². The van der Waals surface area contributed by atoms with Gasteiger partial charge in [-0.1, -0.05) is 181 Å². The van der Waals surface area contributed by atoms with E-state index in [2.05, 4.69) is 182 Å². The molecule has 5 aliphatic carbocycles. The molecule has 0 radical (unpaired) electrons. The van der Waals surface area contributed by atoms with Crippen LogP contribution in [0.5, 0.6) is 0 Å². The van der Waals surface area contributed by atoms with Gasteiger partial charge in [0.1, 0.15) is 0 Å². The van der Waals surface area contributed by atoms with Crippen LogP contribution >= 0.6 is 15.9 Å². The molecule has 0 bridgehead atoms. The average molecular weight is 1090 g/mol. The minimum absolute atomic E-state index is 0.728. The van der Waals surface area contributed by atoms with Gasteiger partial charge in [-0.25, -0.2) is 0 Å². The number of nitrogens with one attached hydrogen (secondary N) is 2. The molecule has 4 atom stereocenters. The van der Waals surface area contributed by atoms with E-state index in [-0.39, 0.29) is 0 Å². The van der Waals surface area contributed by atoms with Gasteiger partial charge < -0.3 is 10.6 Å². The number of benzene rings is 6. The lowest BCUT2D eigenvalue weighted by Gasteiger charge is -2.38. The average Bonchev–Trinajstić information content (AvgIpc) is 3.50. The largest absolute Gasteiger partial charge is 0.313 e. The van der Waals surface area contributed by atoms with Crippen LogP contribution in [-0.2, 0) is 57.8 Å². The molecule has 0 spiro atoms. The SMILES string of the molecule is Brc1ccc2c(c1)CCc1ncccc1-2.c1cc2c(cc1CC1CCCCC1)CC[C@@H]1NCCCC21.c1ccc(Cc2ccc3c(c2)CC[C@@H]2NCCCC32)cc1.c1ccc(Cc2ccc3c(c2)CCc2ncccc2-3)cc1. The summed E-state index contributed by atoms with van der Waals surface area (Å²) in [5.41, 5.74) is 24.5. The number of rotatable bonds is 6. The molecule has 2 aromatic heterocycles. The Bertz CT molecular complexity index is 3270. The maximum absolute atomic E-state index is 4.51. The van der Waals surface area contributed by atoms with Gasteiger partial charge in [-0.15, -0.1) is 0 Å². The fourth-order valence-corrected chi connectivity index (χ4v) is 14.9. The zero-order valence-corrected chi connectivity index (χ0v) is 47.5. The molecule has 5 heteroatoms. The number of hydrogen-bond donors (Lipinski definition) is 2. The van der Waals surface area contributed by atoms with E-state index in [0.29, 0.717) is 0 Å². The van der Waals surface area contributed by atoms with Gasteiger partial charge in [-0.05, 0) is 224 Å². The van der Waals surface area contributed by atoms with E-state index < -0.39 is 0 Å². The summed E-state index contributed by atoms with van der Waals surface area (Å²) in [4.78, 5) is 8.94. The normalized spacial score (nSPS) is 20.4. The summed E-state index contributed by atoms with van der Waals surface area (Å²) in [6.45, 7) is 2.44. The van der Waals surface area contributed by atoms with Crippen molar-refractivity contribution in [1.29, 1.82) is 0 Å². The molecule has 2 unspecified atom stereocenters. The molecule has 2 N–H and O–H groups in total. The van der Waals surface area contributed by atoms with E-state index in [1.807, 2.05) is 24.5 Å². The van der Waals surface area contributed by atoms with Gasteiger partial charge in [0.25, 0.3) is 0 Å². The first kappa shape index (κ1) is 52.7. The van der Waals surface area contributed by atoms with Gasteiger partial charge in [-0.2, -0.15) is 0 Å². The van der Waals surface area contributed by atoms with Crippen LogP contribution in [0.2, 0.25) is 0 Å². The molecule has 0 amide bonds. The molecule has 1 saturated carbocycles. The van der Waals surface area contributed by atoms with E-state index in [9.17, 15) is 0 Å². The van der Waals surface area contributed by atoms with Gasteiger partial charge in [0.05, 0.1) is 0 Å². The molecule has 2 aliphatic heterocycles. The Hall–Kier alpha value is -5.98. The molecule has 8 aromatic rings. The molecular weight excluding hydrogens is 1010 g/mol. The summed E-state index contributed by atoms with van der Waals surface area (Å²) < 4.78 is 1.16. The van der Waals surface area contributed by atoms with Gasteiger partial charge in [0.15, 0.2) is 0 Å². The van der Waals surface area contributed by atoms with Gasteiger partial charge >= 0.3 is 0 Å². The second kappa shape index (κ2) is 25.4. The number of piperidine rings is 2. The van der Waals surface area contributed by atoms with E-state index in [1.165, 1.54) is 170 Å². The van der Waals surface area contributed by atoms with Gasteiger partial charge in [0, 0.05) is 51.5 Å². The van der Waals surface area contributed by atoms with Crippen LogP contribution in [0.3, 0.4) is 0 Å². The van der Waals surface area contributed by atoms with Crippen LogP contribution in [0, 0.1) is 5.92 Å². The second-order valence-electron chi connectivity index (χ2n) is 23.6. The first-order valence-electron chi connectivity index (χ1n) is 30.1. The van der Waals surface area contributed by atoms with E-state index in [0.717, 1.165) is 72.8 Å². The molecular formula is C73H79BrN4. The Kier molecular flexibility index (Phi) is 17.2. The van der Waals surface area contributed by atoms with Crippen LogP contribution in [-0.4, -0.2) is 35.1 Å². The number of aromatic nitrogens is 2. The van der Waals surface area contributed by atoms with Crippen LogP contribution in [0.25, 0.3) is 22.3 Å². The monoisotopic (exact) mass is 1090 g/mol. The zero-order valence-electron chi connectivity index (χ0n) is 45.9. The Labute approximate surface area is 474 Å². The summed E-state index contributed by atoms with van der Waals surface area (Å²) in [5, 5.41) is 7.46. The van der Waals surface area contributed by atoms with E-state index >= 15 is 0 Å². The van der Waals surface area contributed by atoms with E-state index in [4.69, 9.17) is 0 Å². The number of pyridine rings is 2. The lowest BCUT2D eigenvalue weighted by molar-refractivity contribution is 0.319. The number of hydrogen-bond acceptors (Lipinski definition) is 4. The van der Waals surface area contributed by atoms with Crippen molar-refractivity contribution < 1.29 is 0 Å². The fraction of sp³-hybridized carbons (Fsp3) is 0.370. The van der Waals surface area contributed by atoms with Crippen LogP contribution in [0.4, 0.5) is 0 Å². The predicted octanol–water partition coefficient (Wildman–Crippen LogP) is 16.7. The highest BCUT2D eigenvalue weighted by atomic mass is 79.9. The first-order valence-corrected chi connectivity index (χ1v) is 30.9. The van der Waals surface area contributed by atoms with Crippen LogP contribution in [0.15, 0.2) is 175 Å².